The first-order valence-corrected chi connectivity index (χ1v) is 5.19. The monoisotopic (exact) mass is 260 g/mol. The minimum atomic E-state index is -0.0313. The Bertz CT molecular complexity index is 313. The van der Waals surface area contributed by atoms with Gasteiger partial charge in [-0.1, -0.05) is 31.5 Å². The van der Waals surface area contributed by atoms with Crippen molar-refractivity contribution in [2.75, 3.05) is 0 Å². The highest BCUT2D eigenvalue weighted by atomic mass is 79.9. The van der Waals surface area contributed by atoms with Crippen molar-refractivity contribution in [1.29, 1.82) is 0 Å². The quantitative estimate of drug-likeness (QED) is 0.737. The molecule has 0 N–H and O–H groups in total. The third-order valence-electron chi connectivity index (χ3n) is 1.73. The van der Waals surface area contributed by atoms with E-state index >= 15 is 0 Å². The van der Waals surface area contributed by atoms with Crippen LogP contribution in [0.5, 0.6) is 0 Å². The standard InChI is InChI=1S/C10H10BrClO/c1-6(2)10(13)9-7(11)4-3-5-8(9)12/h3-6H,1-2H3. The molecule has 0 atom stereocenters. The number of hydrogen-bond acceptors (Lipinski definition) is 1. The number of rotatable bonds is 2. The molecule has 3 heteroatoms. The number of Topliss-reactive ketones (excluding diaryl/α,β-unsaturated/α-hetero) is 1. The molecule has 0 radical (unpaired) electrons. The van der Waals surface area contributed by atoms with E-state index in [1.165, 1.54) is 0 Å². The molecular formula is C10H10BrClO. The van der Waals surface area contributed by atoms with Crippen LogP contribution in [0.1, 0.15) is 24.2 Å². The fraction of sp³-hybridized carbons (Fsp3) is 0.300. The van der Waals surface area contributed by atoms with Gasteiger partial charge < -0.3 is 0 Å². The van der Waals surface area contributed by atoms with Gasteiger partial charge in [-0.25, -0.2) is 0 Å². The van der Waals surface area contributed by atoms with E-state index in [4.69, 9.17) is 11.6 Å². The molecule has 1 aromatic rings. The van der Waals surface area contributed by atoms with E-state index in [1.54, 1.807) is 6.07 Å². The first-order chi connectivity index (χ1) is 6.04. The van der Waals surface area contributed by atoms with Gasteiger partial charge in [0.05, 0.1) is 10.6 Å². The summed E-state index contributed by atoms with van der Waals surface area (Å²) >= 11 is 9.23. The third-order valence-corrected chi connectivity index (χ3v) is 2.71. The maximum Gasteiger partial charge on any atom is 0.168 e. The van der Waals surface area contributed by atoms with Crippen LogP contribution < -0.4 is 0 Å². The fourth-order valence-electron chi connectivity index (χ4n) is 1.02. The molecule has 0 bridgehead atoms. The molecule has 0 amide bonds. The van der Waals surface area contributed by atoms with Crippen LogP contribution >= 0.6 is 27.5 Å². The number of ketones is 1. The van der Waals surface area contributed by atoms with Crippen LogP contribution in [0.3, 0.4) is 0 Å². The lowest BCUT2D eigenvalue weighted by atomic mass is 10.0. The lowest BCUT2D eigenvalue weighted by Gasteiger charge is -2.07. The van der Waals surface area contributed by atoms with Gasteiger partial charge in [-0.2, -0.15) is 0 Å². The molecule has 70 valence electrons. The van der Waals surface area contributed by atoms with Crippen molar-refractivity contribution >= 4 is 33.3 Å². The number of hydrogen-bond donors (Lipinski definition) is 0. The maximum atomic E-state index is 11.7. The summed E-state index contributed by atoms with van der Waals surface area (Å²) in [6.07, 6.45) is 0. The first kappa shape index (κ1) is 10.7. The summed E-state index contributed by atoms with van der Waals surface area (Å²) in [7, 11) is 0. The summed E-state index contributed by atoms with van der Waals surface area (Å²) < 4.78 is 0.763. The van der Waals surface area contributed by atoms with Crippen LogP contribution in [0.2, 0.25) is 5.02 Å². The van der Waals surface area contributed by atoms with E-state index in [-0.39, 0.29) is 11.7 Å². The van der Waals surface area contributed by atoms with E-state index in [0.29, 0.717) is 10.6 Å². The summed E-state index contributed by atoms with van der Waals surface area (Å²) in [5, 5.41) is 0.507. The zero-order valence-electron chi connectivity index (χ0n) is 7.47. The van der Waals surface area contributed by atoms with Gasteiger partial charge in [0.1, 0.15) is 0 Å². The molecule has 1 nitrogen and oxygen atoms in total. The molecule has 0 aliphatic carbocycles. The maximum absolute atomic E-state index is 11.7. The summed E-state index contributed by atoms with van der Waals surface area (Å²) in [4.78, 5) is 11.7. The average molecular weight is 262 g/mol. The van der Waals surface area contributed by atoms with Crippen molar-refractivity contribution in [3.63, 3.8) is 0 Å². The van der Waals surface area contributed by atoms with Gasteiger partial charge in [0, 0.05) is 10.4 Å². The van der Waals surface area contributed by atoms with Crippen LogP contribution in [-0.4, -0.2) is 5.78 Å². The molecule has 1 rings (SSSR count). The summed E-state index contributed by atoms with van der Waals surface area (Å²) in [5.41, 5.74) is 0.583. The smallest absolute Gasteiger partial charge is 0.168 e. The topological polar surface area (TPSA) is 17.1 Å². The van der Waals surface area contributed by atoms with Gasteiger partial charge in [-0.05, 0) is 28.1 Å². The first-order valence-electron chi connectivity index (χ1n) is 4.02. The Hall–Kier alpha value is -0.340. The van der Waals surface area contributed by atoms with E-state index < -0.39 is 0 Å². The third kappa shape index (κ3) is 2.32. The largest absolute Gasteiger partial charge is 0.294 e. The zero-order chi connectivity index (χ0) is 10.0. The van der Waals surface area contributed by atoms with Gasteiger partial charge in [0.15, 0.2) is 5.78 Å². The number of carbonyl (C=O) groups excluding carboxylic acids is 1. The van der Waals surface area contributed by atoms with E-state index in [9.17, 15) is 4.79 Å². The molecular weight excluding hydrogens is 251 g/mol. The van der Waals surface area contributed by atoms with Gasteiger partial charge in [-0.3, -0.25) is 4.79 Å². The normalized spacial score (nSPS) is 10.5. The SMILES string of the molecule is CC(C)C(=O)c1c(Cl)cccc1Br. The zero-order valence-corrected chi connectivity index (χ0v) is 9.82. The van der Waals surface area contributed by atoms with Gasteiger partial charge in [-0.15, -0.1) is 0 Å². The summed E-state index contributed by atoms with van der Waals surface area (Å²) in [5.74, 6) is 0.0358. The van der Waals surface area contributed by atoms with Crippen molar-refractivity contribution < 1.29 is 4.79 Å². The fourth-order valence-corrected chi connectivity index (χ4v) is 1.97. The van der Waals surface area contributed by atoms with Crippen LogP contribution in [0.25, 0.3) is 0 Å². The lowest BCUT2D eigenvalue weighted by molar-refractivity contribution is 0.0939. The Kier molecular flexibility index (Phi) is 3.51. The molecule has 0 fully saturated rings. The molecule has 0 saturated carbocycles. The van der Waals surface area contributed by atoms with E-state index in [2.05, 4.69) is 15.9 Å². The number of halogens is 2. The minimum Gasteiger partial charge on any atom is -0.294 e. The van der Waals surface area contributed by atoms with Gasteiger partial charge in [0.2, 0.25) is 0 Å². The summed E-state index contributed by atoms with van der Waals surface area (Å²) in [6.45, 7) is 3.72. The number of benzene rings is 1. The molecule has 0 heterocycles. The van der Waals surface area contributed by atoms with Crippen molar-refractivity contribution in [2.24, 2.45) is 5.92 Å². The second-order valence-corrected chi connectivity index (χ2v) is 4.38. The molecule has 0 spiro atoms. The highest BCUT2D eigenvalue weighted by molar-refractivity contribution is 9.10. The molecule has 0 aliphatic rings. The van der Waals surface area contributed by atoms with Crippen molar-refractivity contribution in [1.82, 2.24) is 0 Å². The second-order valence-electron chi connectivity index (χ2n) is 3.12. The predicted molar refractivity (Wildman–Crippen MR) is 58.3 cm³/mol. The molecule has 0 aliphatic heterocycles. The Balaban J connectivity index is 3.20. The van der Waals surface area contributed by atoms with E-state index in [1.807, 2.05) is 26.0 Å². The highest BCUT2D eigenvalue weighted by Gasteiger charge is 2.16. The molecule has 13 heavy (non-hydrogen) atoms. The van der Waals surface area contributed by atoms with Crippen molar-refractivity contribution in [2.45, 2.75) is 13.8 Å². The second kappa shape index (κ2) is 4.25. The Morgan fingerprint density at radius 1 is 1.46 bits per heavy atom. The number of carbonyl (C=O) groups is 1. The predicted octanol–water partition coefficient (Wildman–Crippen LogP) is 3.94. The van der Waals surface area contributed by atoms with Crippen LogP contribution in [0.4, 0.5) is 0 Å². The van der Waals surface area contributed by atoms with Crippen LogP contribution in [0.15, 0.2) is 22.7 Å². The van der Waals surface area contributed by atoms with E-state index in [0.717, 1.165) is 4.47 Å². The highest BCUT2D eigenvalue weighted by Crippen LogP contribution is 2.26. The Morgan fingerprint density at radius 3 is 2.54 bits per heavy atom. The van der Waals surface area contributed by atoms with Crippen molar-refractivity contribution in [3.05, 3.63) is 33.3 Å². The lowest BCUT2D eigenvalue weighted by Crippen LogP contribution is -2.08. The minimum absolute atomic E-state index is 0.0313. The molecule has 1 aromatic carbocycles. The van der Waals surface area contributed by atoms with Crippen LogP contribution in [0, 0.1) is 5.92 Å². The Labute approximate surface area is 91.2 Å². The van der Waals surface area contributed by atoms with Gasteiger partial charge >= 0.3 is 0 Å². The van der Waals surface area contributed by atoms with Crippen LogP contribution in [-0.2, 0) is 0 Å². The summed E-state index contributed by atoms with van der Waals surface area (Å²) in [6, 6.07) is 5.35. The molecule has 0 aromatic heterocycles. The molecule has 0 unspecified atom stereocenters. The average Bonchev–Trinajstić information content (AvgIpc) is 2.03. The molecule has 0 saturated heterocycles. The van der Waals surface area contributed by atoms with Crippen molar-refractivity contribution in [3.8, 4) is 0 Å². The Morgan fingerprint density at radius 2 is 2.08 bits per heavy atom. The van der Waals surface area contributed by atoms with Gasteiger partial charge in [0.25, 0.3) is 0 Å².